The quantitative estimate of drug-likeness (QED) is 0.324. The fourth-order valence-corrected chi connectivity index (χ4v) is 4.40. The van der Waals surface area contributed by atoms with Crippen LogP contribution in [-0.4, -0.2) is 23.0 Å². The van der Waals surface area contributed by atoms with Crippen LogP contribution in [0.2, 0.25) is 10.0 Å². The number of ether oxygens (including phenoxy) is 1. The SMILES string of the molecule is COC(=O)c1cc(Br)cnc1Nc1nc(-c2ccc(Cl)c(Cl)c2)c(CCC(C)C)s1. The molecule has 0 radical (unpaired) electrons. The topological polar surface area (TPSA) is 64.1 Å². The summed E-state index contributed by atoms with van der Waals surface area (Å²) in [6.07, 6.45) is 3.52. The number of benzene rings is 1. The molecule has 0 unspecified atom stereocenters. The molecule has 9 heteroatoms. The number of halogens is 3. The molecule has 0 bridgehead atoms. The number of nitrogens with one attached hydrogen (secondary N) is 1. The Morgan fingerprint density at radius 2 is 2.03 bits per heavy atom. The molecule has 5 nitrogen and oxygen atoms in total. The van der Waals surface area contributed by atoms with Gasteiger partial charge in [-0.1, -0.05) is 43.1 Å². The molecule has 3 aromatic rings. The van der Waals surface area contributed by atoms with Crippen molar-refractivity contribution in [3.63, 3.8) is 0 Å². The monoisotopic (exact) mass is 527 g/mol. The number of esters is 1. The standard InChI is InChI=1S/C21H20BrCl2N3O2S/c1-11(2)4-7-17-18(12-5-6-15(23)16(24)8-12)26-21(30-17)27-19-14(20(28)29-3)9-13(22)10-25-19/h5-6,8-11H,4,7H2,1-3H3,(H,25,26,27). The number of anilines is 2. The number of methoxy groups -OCH3 is 1. The summed E-state index contributed by atoms with van der Waals surface area (Å²) in [6.45, 7) is 4.38. The summed E-state index contributed by atoms with van der Waals surface area (Å²) in [5.41, 5.74) is 2.06. The van der Waals surface area contributed by atoms with Crippen LogP contribution in [-0.2, 0) is 11.2 Å². The molecule has 2 aromatic heterocycles. The van der Waals surface area contributed by atoms with Crippen molar-refractivity contribution in [2.45, 2.75) is 26.7 Å². The van der Waals surface area contributed by atoms with Crippen molar-refractivity contribution in [3.8, 4) is 11.3 Å². The lowest BCUT2D eigenvalue weighted by molar-refractivity contribution is 0.0601. The van der Waals surface area contributed by atoms with Crippen molar-refractivity contribution < 1.29 is 9.53 Å². The third-order valence-electron chi connectivity index (χ3n) is 4.32. The number of aromatic nitrogens is 2. The van der Waals surface area contributed by atoms with Crippen molar-refractivity contribution in [1.82, 2.24) is 9.97 Å². The number of pyridine rings is 1. The zero-order valence-electron chi connectivity index (χ0n) is 16.6. The van der Waals surface area contributed by atoms with Crippen LogP contribution >= 0.6 is 50.5 Å². The Balaban J connectivity index is 2.00. The second kappa shape index (κ2) is 10.1. The van der Waals surface area contributed by atoms with E-state index >= 15 is 0 Å². The van der Waals surface area contributed by atoms with Gasteiger partial charge in [0.25, 0.3) is 0 Å². The van der Waals surface area contributed by atoms with Gasteiger partial charge in [-0.05, 0) is 52.9 Å². The lowest BCUT2D eigenvalue weighted by Crippen LogP contribution is -2.07. The highest BCUT2D eigenvalue weighted by Crippen LogP contribution is 2.37. The fourth-order valence-electron chi connectivity index (χ4n) is 2.77. The van der Waals surface area contributed by atoms with Crippen LogP contribution in [0.1, 0.15) is 35.5 Å². The largest absolute Gasteiger partial charge is 0.465 e. The number of rotatable bonds is 7. The van der Waals surface area contributed by atoms with Gasteiger partial charge in [0.1, 0.15) is 11.4 Å². The number of hydrogen-bond donors (Lipinski definition) is 1. The van der Waals surface area contributed by atoms with E-state index in [-0.39, 0.29) is 0 Å². The van der Waals surface area contributed by atoms with Gasteiger partial charge in [0.05, 0.1) is 22.8 Å². The number of thiazole rings is 1. The molecule has 1 N–H and O–H groups in total. The van der Waals surface area contributed by atoms with Crippen molar-refractivity contribution >= 4 is 67.4 Å². The van der Waals surface area contributed by atoms with Crippen molar-refractivity contribution in [3.05, 3.63) is 55.4 Å². The molecule has 0 aliphatic carbocycles. The van der Waals surface area contributed by atoms with Crippen LogP contribution in [0, 0.1) is 5.92 Å². The van der Waals surface area contributed by atoms with Crippen LogP contribution in [0.4, 0.5) is 10.9 Å². The molecule has 3 rings (SSSR count). The minimum atomic E-state index is -0.479. The minimum absolute atomic E-state index is 0.321. The highest BCUT2D eigenvalue weighted by Gasteiger charge is 2.19. The molecule has 2 heterocycles. The molecule has 0 amide bonds. The summed E-state index contributed by atoms with van der Waals surface area (Å²) in [4.78, 5) is 22.4. The zero-order valence-corrected chi connectivity index (χ0v) is 20.5. The van der Waals surface area contributed by atoms with Crippen molar-refractivity contribution in [2.75, 3.05) is 12.4 Å². The summed E-state index contributed by atoms with van der Waals surface area (Å²) < 4.78 is 5.56. The van der Waals surface area contributed by atoms with Crippen LogP contribution in [0.25, 0.3) is 11.3 Å². The number of nitrogens with zero attached hydrogens (tertiary/aromatic N) is 2. The van der Waals surface area contributed by atoms with E-state index in [1.54, 1.807) is 18.3 Å². The van der Waals surface area contributed by atoms with E-state index in [2.05, 4.69) is 40.1 Å². The number of aryl methyl sites for hydroxylation is 1. The van der Waals surface area contributed by atoms with Gasteiger partial charge in [0, 0.05) is 21.1 Å². The first-order chi connectivity index (χ1) is 14.3. The Hall–Kier alpha value is -1.67. The summed E-state index contributed by atoms with van der Waals surface area (Å²) in [6, 6.07) is 7.15. The number of carbonyl (C=O) groups excluding carboxylic acids is 1. The van der Waals surface area contributed by atoms with Crippen LogP contribution in [0.3, 0.4) is 0 Å². The van der Waals surface area contributed by atoms with E-state index < -0.39 is 5.97 Å². The Kier molecular flexibility index (Phi) is 7.74. The molecule has 0 aliphatic heterocycles. The van der Waals surface area contributed by atoms with E-state index in [1.807, 2.05) is 12.1 Å². The number of hydrogen-bond acceptors (Lipinski definition) is 6. The maximum atomic E-state index is 12.1. The predicted octanol–water partition coefficient (Wildman–Crippen LogP) is 7.39. The molecule has 158 valence electrons. The van der Waals surface area contributed by atoms with Gasteiger partial charge >= 0.3 is 5.97 Å². The van der Waals surface area contributed by atoms with Gasteiger partial charge in [-0.15, -0.1) is 11.3 Å². The second-order valence-corrected chi connectivity index (χ2v) is 9.83. The first-order valence-corrected chi connectivity index (χ1v) is 11.6. The normalized spacial score (nSPS) is 11.0. The Labute approximate surface area is 197 Å². The molecule has 0 saturated heterocycles. The first kappa shape index (κ1) is 23.0. The van der Waals surface area contributed by atoms with Crippen LogP contribution in [0.15, 0.2) is 34.9 Å². The molecule has 0 aliphatic rings. The van der Waals surface area contributed by atoms with E-state index in [9.17, 15) is 4.79 Å². The maximum Gasteiger partial charge on any atom is 0.341 e. The molecule has 1 aromatic carbocycles. The van der Waals surface area contributed by atoms with Gasteiger partial charge in [0.15, 0.2) is 5.13 Å². The van der Waals surface area contributed by atoms with Gasteiger partial charge in [0.2, 0.25) is 0 Å². The van der Waals surface area contributed by atoms with Crippen molar-refractivity contribution in [2.24, 2.45) is 5.92 Å². The fraction of sp³-hybridized carbons (Fsp3) is 0.286. The highest BCUT2D eigenvalue weighted by atomic mass is 79.9. The molecule has 30 heavy (non-hydrogen) atoms. The van der Waals surface area contributed by atoms with Gasteiger partial charge in [-0.25, -0.2) is 14.8 Å². The maximum absolute atomic E-state index is 12.1. The van der Waals surface area contributed by atoms with Gasteiger partial charge in [-0.2, -0.15) is 0 Å². The molecular formula is C21H20BrCl2N3O2S. The zero-order chi connectivity index (χ0) is 21.8. The van der Waals surface area contributed by atoms with E-state index in [1.165, 1.54) is 18.4 Å². The molecule has 0 fully saturated rings. The van der Waals surface area contributed by atoms with E-state index in [4.69, 9.17) is 32.9 Å². The number of carbonyl (C=O) groups is 1. The van der Waals surface area contributed by atoms with E-state index in [0.29, 0.717) is 36.9 Å². The second-order valence-electron chi connectivity index (χ2n) is 7.02. The molecule has 0 saturated carbocycles. The smallest absolute Gasteiger partial charge is 0.341 e. The van der Waals surface area contributed by atoms with Crippen LogP contribution < -0.4 is 5.32 Å². The predicted molar refractivity (Wildman–Crippen MR) is 127 cm³/mol. The van der Waals surface area contributed by atoms with E-state index in [0.717, 1.165) is 29.0 Å². The lowest BCUT2D eigenvalue weighted by Gasteiger charge is -2.07. The first-order valence-electron chi connectivity index (χ1n) is 9.24. The Morgan fingerprint density at radius 3 is 2.70 bits per heavy atom. The van der Waals surface area contributed by atoms with Crippen LogP contribution in [0.5, 0.6) is 0 Å². The highest BCUT2D eigenvalue weighted by molar-refractivity contribution is 9.10. The third kappa shape index (κ3) is 5.52. The van der Waals surface area contributed by atoms with Gasteiger partial charge < -0.3 is 10.1 Å². The summed E-state index contributed by atoms with van der Waals surface area (Å²) in [7, 11) is 1.34. The van der Waals surface area contributed by atoms with Gasteiger partial charge in [-0.3, -0.25) is 0 Å². The average molecular weight is 529 g/mol. The van der Waals surface area contributed by atoms with Crippen molar-refractivity contribution in [1.29, 1.82) is 0 Å². The average Bonchev–Trinajstić information content (AvgIpc) is 3.12. The summed E-state index contributed by atoms with van der Waals surface area (Å²) in [5.74, 6) is 0.465. The molecule has 0 spiro atoms. The Morgan fingerprint density at radius 1 is 1.27 bits per heavy atom. The third-order valence-corrected chi connectivity index (χ3v) is 6.53. The Bertz CT molecular complexity index is 1070. The minimum Gasteiger partial charge on any atom is -0.465 e. The summed E-state index contributed by atoms with van der Waals surface area (Å²) >= 11 is 17.2. The molecular weight excluding hydrogens is 509 g/mol. The summed E-state index contributed by atoms with van der Waals surface area (Å²) in [5, 5.41) is 4.79. The lowest BCUT2D eigenvalue weighted by atomic mass is 10.0. The molecule has 0 atom stereocenters.